The topological polar surface area (TPSA) is 15.3 Å². The van der Waals surface area contributed by atoms with Gasteiger partial charge in [-0.1, -0.05) is 25.1 Å². The Balaban J connectivity index is 2.84. The summed E-state index contributed by atoms with van der Waals surface area (Å²) in [7, 11) is 0. The molecule has 0 amide bonds. The molecule has 2 heteroatoms. The van der Waals surface area contributed by atoms with Crippen LogP contribution < -0.4 is 10.2 Å². The van der Waals surface area contributed by atoms with Crippen molar-refractivity contribution in [2.75, 3.05) is 18.0 Å². The van der Waals surface area contributed by atoms with Crippen molar-refractivity contribution in [3.8, 4) is 0 Å². The van der Waals surface area contributed by atoms with Crippen LogP contribution in [-0.2, 0) is 0 Å². The SMILES string of the molecule is CCC(CNC(C)(C)C)N(CC)c1ccccc1C. The van der Waals surface area contributed by atoms with Crippen molar-refractivity contribution in [3.63, 3.8) is 0 Å². The summed E-state index contributed by atoms with van der Waals surface area (Å²) in [5, 5.41) is 3.64. The van der Waals surface area contributed by atoms with Gasteiger partial charge in [-0.15, -0.1) is 0 Å². The number of rotatable bonds is 6. The van der Waals surface area contributed by atoms with Gasteiger partial charge in [-0.3, -0.25) is 0 Å². The maximum absolute atomic E-state index is 3.64. The van der Waals surface area contributed by atoms with Crippen molar-refractivity contribution in [2.24, 2.45) is 0 Å². The first-order valence-electron chi connectivity index (χ1n) is 7.46. The van der Waals surface area contributed by atoms with E-state index in [-0.39, 0.29) is 5.54 Å². The van der Waals surface area contributed by atoms with Gasteiger partial charge in [0.1, 0.15) is 0 Å². The van der Waals surface area contributed by atoms with Crippen molar-refractivity contribution in [1.82, 2.24) is 5.32 Å². The molecule has 1 rings (SSSR count). The molecule has 0 heterocycles. The predicted molar refractivity (Wildman–Crippen MR) is 86.0 cm³/mol. The van der Waals surface area contributed by atoms with Crippen LogP contribution in [0.25, 0.3) is 0 Å². The number of nitrogens with zero attached hydrogens (tertiary/aromatic N) is 1. The molecule has 0 fully saturated rings. The van der Waals surface area contributed by atoms with Gasteiger partial charge in [-0.05, 0) is 52.7 Å². The smallest absolute Gasteiger partial charge is 0.0412 e. The molecule has 0 aromatic heterocycles. The van der Waals surface area contributed by atoms with Gasteiger partial charge in [0.2, 0.25) is 0 Å². The van der Waals surface area contributed by atoms with E-state index in [0.717, 1.165) is 19.5 Å². The number of hydrogen-bond acceptors (Lipinski definition) is 2. The molecule has 1 N–H and O–H groups in total. The van der Waals surface area contributed by atoms with Gasteiger partial charge in [-0.25, -0.2) is 0 Å². The minimum absolute atomic E-state index is 0.179. The largest absolute Gasteiger partial charge is 0.367 e. The highest BCUT2D eigenvalue weighted by atomic mass is 15.2. The van der Waals surface area contributed by atoms with Crippen LogP contribution in [0.2, 0.25) is 0 Å². The average Bonchev–Trinajstić information content (AvgIpc) is 2.34. The van der Waals surface area contributed by atoms with Crippen molar-refractivity contribution < 1.29 is 0 Å². The molecule has 2 nitrogen and oxygen atoms in total. The zero-order valence-electron chi connectivity index (χ0n) is 13.5. The first-order chi connectivity index (χ1) is 8.89. The van der Waals surface area contributed by atoms with E-state index in [1.54, 1.807) is 0 Å². The van der Waals surface area contributed by atoms with Gasteiger partial charge in [-0.2, -0.15) is 0 Å². The molecule has 0 spiro atoms. The van der Waals surface area contributed by atoms with E-state index in [9.17, 15) is 0 Å². The Hall–Kier alpha value is -1.02. The molecular formula is C17H30N2. The Morgan fingerprint density at radius 2 is 1.79 bits per heavy atom. The molecule has 1 atom stereocenters. The number of likely N-dealkylation sites (N-methyl/N-ethyl adjacent to an activating group) is 1. The fraction of sp³-hybridized carbons (Fsp3) is 0.647. The third-order valence-corrected chi connectivity index (χ3v) is 3.55. The first kappa shape index (κ1) is 16.0. The summed E-state index contributed by atoms with van der Waals surface area (Å²) >= 11 is 0. The Morgan fingerprint density at radius 3 is 2.26 bits per heavy atom. The number of hydrogen-bond donors (Lipinski definition) is 1. The lowest BCUT2D eigenvalue weighted by molar-refractivity contribution is 0.394. The van der Waals surface area contributed by atoms with E-state index in [4.69, 9.17) is 0 Å². The summed E-state index contributed by atoms with van der Waals surface area (Å²) < 4.78 is 0. The van der Waals surface area contributed by atoms with E-state index in [0.29, 0.717) is 6.04 Å². The maximum atomic E-state index is 3.64. The number of para-hydroxylation sites is 1. The Bertz CT molecular complexity index is 379. The van der Waals surface area contributed by atoms with Crippen molar-refractivity contribution >= 4 is 5.69 Å². The standard InChI is InChI=1S/C17H30N2/c1-7-15(13-18-17(4,5)6)19(8-2)16-12-10-9-11-14(16)3/h9-12,15,18H,7-8,13H2,1-6H3. The molecule has 0 aliphatic heterocycles. The van der Waals surface area contributed by atoms with Gasteiger partial charge < -0.3 is 10.2 Å². The molecule has 1 unspecified atom stereocenters. The minimum atomic E-state index is 0.179. The predicted octanol–water partition coefficient (Wildman–Crippen LogP) is 3.99. The summed E-state index contributed by atoms with van der Waals surface area (Å²) in [5.41, 5.74) is 2.91. The minimum Gasteiger partial charge on any atom is -0.367 e. The van der Waals surface area contributed by atoms with Gasteiger partial charge in [0.15, 0.2) is 0 Å². The fourth-order valence-corrected chi connectivity index (χ4v) is 2.41. The van der Waals surface area contributed by atoms with Gasteiger partial charge in [0.25, 0.3) is 0 Å². The summed E-state index contributed by atoms with van der Waals surface area (Å²) in [6.45, 7) is 15.5. The molecule has 19 heavy (non-hydrogen) atoms. The van der Waals surface area contributed by atoms with E-state index < -0.39 is 0 Å². The molecule has 0 aliphatic rings. The summed E-state index contributed by atoms with van der Waals surface area (Å²) in [6, 6.07) is 9.22. The lowest BCUT2D eigenvalue weighted by Gasteiger charge is -2.35. The van der Waals surface area contributed by atoms with Crippen LogP contribution in [-0.4, -0.2) is 24.7 Å². The number of aryl methyl sites for hydroxylation is 1. The Morgan fingerprint density at radius 1 is 1.16 bits per heavy atom. The fourth-order valence-electron chi connectivity index (χ4n) is 2.41. The van der Waals surface area contributed by atoms with Crippen molar-refractivity contribution in [1.29, 1.82) is 0 Å². The molecule has 108 valence electrons. The summed E-state index contributed by atoms with van der Waals surface area (Å²) in [4.78, 5) is 2.52. The Labute approximate surface area is 119 Å². The van der Waals surface area contributed by atoms with Gasteiger partial charge >= 0.3 is 0 Å². The maximum Gasteiger partial charge on any atom is 0.0412 e. The lowest BCUT2D eigenvalue weighted by Crippen LogP contribution is -2.47. The molecule has 1 aromatic rings. The van der Waals surface area contributed by atoms with Crippen LogP contribution in [0.1, 0.15) is 46.6 Å². The highest BCUT2D eigenvalue weighted by Crippen LogP contribution is 2.22. The van der Waals surface area contributed by atoms with Crippen LogP contribution in [0.3, 0.4) is 0 Å². The van der Waals surface area contributed by atoms with Crippen molar-refractivity contribution in [3.05, 3.63) is 29.8 Å². The van der Waals surface area contributed by atoms with E-state index in [1.165, 1.54) is 11.3 Å². The second-order valence-electron chi connectivity index (χ2n) is 6.27. The van der Waals surface area contributed by atoms with Crippen LogP contribution in [0.15, 0.2) is 24.3 Å². The van der Waals surface area contributed by atoms with Gasteiger partial charge in [0.05, 0.1) is 0 Å². The summed E-state index contributed by atoms with van der Waals surface area (Å²) in [6.07, 6.45) is 1.16. The van der Waals surface area contributed by atoms with Crippen LogP contribution in [0, 0.1) is 6.92 Å². The second kappa shape index (κ2) is 6.95. The van der Waals surface area contributed by atoms with E-state index >= 15 is 0 Å². The molecule has 0 aliphatic carbocycles. The van der Waals surface area contributed by atoms with Crippen molar-refractivity contribution in [2.45, 2.75) is 59.5 Å². The summed E-state index contributed by atoms with van der Waals surface area (Å²) in [5.74, 6) is 0. The average molecular weight is 262 g/mol. The highest BCUT2D eigenvalue weighted by molar-refractivity contribution is 5.53. The number of nitrogens with one attached hydrogen (secondary N) is 1. The monoisotopic (exact) mass is 262 g/mol. The highest BCUT2D eigenvalue weighted by Gasteiger charge is 2.19. The van der Waals surface area contributed by atoms with E-state index in [2.05, 4.69) is 76.0 Å². The molecular weight excluding hydrogens is 232 g/mol. The van der Waals surface area contributed by atoms with Crippen LogP contribution in [0.4, 0.5) is 5.69 Å². The quantitative estimate of drug-likeness (QED) is 0.834. The molecule has 0 saturated carbocycles. The zero-order valence-corrected chi connectivity index (χ0v) is 13.5. The Kier molecular flexibility index (Phi) is 5.86. The van der Waals surface area contributed by atoms with Crippen LogP contribution >= 0.6 is 0 Å². The third kappa shape index (κ3) is 4.87. The zero-order chi connectivity index (χ0) is 14.5. The van der Waals surface area contributed by atoms with E-state index in [1.807, 2.05) is 0 Å². The van der Waals surface area contributed by atoms with Gasteiger partial charge in [0, 0.05) is 30.4 Å². The number of benzene rings is 1. The third-order valence-electron chi connectivity index (χ3n) is 3.55. The number of anilines is 1. The molecule has 0 saturated heterocycles. The second-order valence-corrected chi connectivity index (χ2v) is 6.27. The molecule has 0 bridgehead atoms. The normalized spacial score (nSPS) is 13.4. The molecule has 0 radical (unpaired) electrons. The first-order valence-corrected chi connectivity index (χ1v) is 7.46. The molecule has 1 aromatic carbocycles. The lowest BCUT2D eigenvalue weighted by atomic mass is 10.1. The van der Waals surface area contributed by atoms with Crippen LogP contribution in [0.5, 0.6) is 0 Å².